The van der Waals surface area contributed by atoms with Gasteiger partial charge in [0.2, 0.25) is 0 Å². The third-order valence-electron chi connectivity index (χ3n) is 4.82. The third-order valence-corrected chi connectivity index (χ3v) is 4.82. The van der Waals surface area contributed by atoms with Crippen LogP contribution in [-0.4, -0.2) is 25.8 Å². The van der Waals surface area contributed by atoms with Crippen LogP contribution in [0, 0.1) is 11.8 Å². The summed E-state index contributed by atoms with van der Waals surface area (Å²) in [4.78, 5) is 0. The van der Waals surface area contributed by atoms with Crippen LogP contribution in [-0.2, 0) is 4.74 Å². The van der Waals surface area contributed by atoms with E-state index < -0.39 is 0 Å². The molecular formula is C16H31NO. The minimum absolute atomic E-state index is 0.801. The van der Waals surface area contributed by atoms with Crippen molar-refractivity contribution in [3.8, 4) is 0 Å². The van der Waals surface area contributed by atoms with E-state index in [1.54, 1.807) is 0 Å². The second-order valence-corrected chi connectivity index (χ2v) is 6.32. The summed E-state index contributed by atoms with van der Waals surface area (Å²) in [5.41, 5.74) is 0. The summed E-state index contributed by atoms with van der Waals surface area (Å²) in [6.07, 6.45) is 12.5. The molecule has 1 heterocycles. The van der Waals surface area contributed by atoms with E-state index in [0.29, 0.717) is 0 Å². The van der Waals surface area contributed by atoms with Gasteiger partial charge in [0.25, 0.3) is 0 Å². The van der Waals surface area contributed by atoms with E-state index in [4.69, 9.17) is 4.74 Å². The maximum absolute atomic E-state index is 5.42. The average Bonchev–Trinajstić information content (AvgIpc) is 2.64. The highest BCUT2D eigenvalue weighted by Crippen LogP contribution is 2.27. The molecular weight excluding hydrogens is 222 g/mol. The van der Waals surface area contributed by atoms with Crippen molar-refractivity contribution in [2.45, 2.75) is 70.8 Å². The van der Waals surface area contributed by atoms with Crippen LogP contribution in [0.1, 0.15) is 64.7 Å². The van der Waals surface area contributed by atoms with Gasteiger partial charge < -0.3 is 10.1 Å². The fourth-order valence-electron chi connectivity index (χ4n) is 3.56. The number of ether oxygens (including phenoxy) is 1. The number of rotatable bonds is 5. The Hall–Kier alpha value is -0.0800. The molecule has 0 aromatic heterocycles. The van der Waals surface area contributed by atoms with Crippen LogP contribution in [0.15, 0.2) is 0 Å². The summed E-state index contributed by atoms with van der Waals surface area (Å²) < 4.78 is 5.42. The molecule has 2 fully saturated rings. The van der Waals surface area contributed by atoms with Crippen LogP contribution in [0.2, 0.25) is 0 Å². The van der Waals surface area contributed by atoms with E-state index in [-0.39, 0.29) is 0 Å². The van der Waals surface area contributed by atoms with E-state index in [0.717, 1.165) is 31.1 Å². The maximum atomic E-state index is 5.42. The lowest BCUT2D eigenvalue weighted by atomic mass is 9.95. The van der Waals surface area contributed by atoms with Crippen molar-refractivity contribution < 1.29 is 4.74 Å². The van der Waals surface area contributed by atoms with Gasteiger partial charge in [0.1, 0.15) is 0 Å². The summed E-state index contributed by atoms with van der Waals surface area (Å²) >= 11 is 0. The van der Waals surface area contributed by atoms with Gasteiger partial charge >= 0.3 is 0 Å². The van der Waals surface area contributed by atoms with Gasteiger partial charge in [-0.15, -0.1) is 0 Å². The summed E-state index contributed by atoms with van der Waals surface area (Å²) in [7, 11) is 0. The fraction of sp³-hybridized carbons (Fsp3) is 1.00. The third kappa shape index (κ3) is 4.89. The molecule has 1 N–H and O–H groups in total. The summed E-state index contributed by atoms with van der Waals surface area (Å²) in [6, 6.07) is 0.801. The molecule has 2 aliphatic rings. The Balaban J connectivity index is 1.63. The van der Waals surface area contributed by atoms with Gasteiger partial charge in [0.05, 0.1) is 0 Å². The van der Waals surface area contributed by atoms with Gasteiger partial charge in [0.15, 0.2) is 0 Å². The highest BCUT2D eigenvalue weighted by Gasteiger charge is 2.20. The standard InChI is InChI=1S/C16H31NO/c1-2-4-14-5-3-6-16(8-7-14)17-13-15-9-11-18-12-10-15/h14-17H,2-13H2,1H3. The first-order chi connectivity index (χ1) is 8.88. The van der Waals surface area contributed by atoms with Crippen molar-refractivity contribution in [3.63, 3.8) is 0 Å². The normalized spacial score (nSPS) is 31.2. The molecule has 0 aromatic rings. The Bertz CT molecular complexity index is 213. The van der Waals surface area contributed by atoms with Crippen molar-refractivity contribution >= 4 is 0 Å². The second kappa shape index (κ2) is 8.16. The molecule has 1 aliphatic carbocycles. The molecule has 2 heteroatoms. The average molecular weight is 253 g/mol. The summed E-state index contributed by atoms with van der Waals surface area (Å²) in [5, 5.41) is 3.84. The molecule has 0 radical (unpaired) electrons. The van der Waals surface area contributed by atoms with E-state index >= 15 is 0 Å². The second-order valence-electron chi connectivity index (χ2n) is 6.32. The lowest BCUT2D eigenvalue weighted by Gasteiger charge is -2.25. The van der Waals surface area contributed by atoms with Crippen LogP contribution in [0.3, 0.4) is 0 Å². The Morgan fingerprint density at radius 1 is 0.944 bits per heavy atom. The lowest BCUT2D eigenvalue weighted by Crippen LogP contribution is -2.35. The number of hydrogen-bond donors (Lipinski definition) is 1. The molecule has 2 nitrogen and oxygen atoms in total. The van der Waals surface area contributed by atoms with Crippen LogP contribution in [0.4, 0.5) is 0 Å². The minimum Gasteiger partial charge on any atom is -0.381 e. The van der Waals surface area contributed by atoms with Crippen molar-refractivity contribution in [2.24, 2.45) is 11.8 Å². The quantitative estimate of drug-likeness (QED) is 0.753. The van der Waals surface area contributed by atoms with Gasteiger partial charge in [-0.2, -0.15) is 0 Å². The zero-order valence-corrected chi connectivity index (χ0v) is 12.1. The molecule has 2 unspecified atom stereocenters. The molecule has 0 amide bonds. The number of nitrogens with one attached hydrogen (secondary N) is 1. The van der Waals surface area contributed by atoms with Gasteiger partial charge in [-0.3, -0.25) is 0 Å². The molecule has 106 valence electrons. The van der Waals surface area contributed by atoms with Crippen molar-refractivity contribution in [1.29, 1.82) is 0 Å². The maximum Gasteiger partial charge on any atom is 0.0469 e. The van der Waals surface area contributed by atoms with Crippen molar-refractivity contribution in [1.82, 2.24) is 5.32 Å². The van der Waals surface area contributed by atoms with Gasteiger partial charge in [-0.1, -0.05) is 32.6 Å². The molecule has 2 atom stereocenters. The van der Waals surface area contributed by atoms with Crippen LogP contribution in [0.5, 0.6) is 0 Å². The van der Waals surface area contributed by atoms with Crippen molar-refractivity contribution in [2.75, 3.05) is 19.8 Å². The predicted octanol–water partition coefficient (Wildman–Crippen LogP) is 3.75. The van der Waals surface area contributed by atoms with Gasteiger partial charge in [0, 0.05) is 19.3 Å². The largest absolute Gasteiger partial charge is 0.381 e. The monoisotopic (exact) mass is 253 g/mol. The van der Waals surface area contributed by atoms with Crippen molar-refractivity contribution in [3.05, 3.63) is 0 Å². The van der Waals surface area contributed by atoms with Crippen LogP contribution >= 0.6 is 0 Å². The van der Waals surface area contributed by atoms with E-state index in [2.05, 4.69) is 12.2 Å². The highest BCUT2D eigenvalue weighted by atomic mass is 16.5. The van der Waals surface area contributed by atoms with Gasteiger partial charge in [-0.25, -0.2) is 0 Å². The topological polar surface area (TPSA) is 21.3 Å². The zero-order valence-electron chi connectivity index (χ0n) is 12.1. The first kappa shape index (κ1) is 14.3. The fourth-order valence-corrected chi connectivity index (χ4v) is 3.56. The molecule has 1 aliphatic heterocycles. The van der Waals surface area contributed by atoms with Gasteiger partial charge in [-0.05, 0) is 50.5 Å². The number of hydrogen-bond acceptors (Lipinski definition) is 2. The molecule has 18 heavy (non-hydrogen) atoms. The first-order valence-electron chi connectivity index (χ1n) is 8.19. The highest BCUT2D eigenvalue weighted by molar-refractivity contribution is 4.76. The molecule has 0 spiro atoms. The molecule has 2 rings (SSSR count). The molecule has 1 saturated carbocycles. The van der Waals surface area contributed by atoms with E-state index in [9.17, 15) is 0 Å². The summed E-state index contributed by atoms with van der Waals surface area (Å²) in [5.74, 6) is 1.89. The lowest BCUT2D eigenvalue weighted by molar-refractivity contribution is 0.0652. The molecule has 0 aromatic carbocycles. The Labute approximate surface area is 113 Å². The Morgan fingerprint density at radius 2 is 1.78 bits per heavy atom. The first-order valence-corrected chi connectivity index (χ1v) is 8.19. The summed E-state index contributed by atoms with van der Waals surface area (Å²) in [6.45, 7) is 5.52. The minimum atomic E-state index is 0.801. The Kier molecular flexibility index (Phi) is 6.50. The van der Waals surface area contributed by atoms with E-state index in [1.165, 1.54) is 64.3 Å². The zero-order chi connectivity index (χ0) is 12.6. The Morgan fingerprint density at radius 3 is 2.56 bits per heavy atom. The molecule has 0 bridgehead atoms. The van der Waals surface area contributed by atoms with Crippen LogP contribution < -0.4 is 5.32 Å². The predicted molar refractivity (Wildman–Crippen MR) is 76.8 cm³/mol. The molecule has 1 saturated heterocycles. The van der Waals surface area contributed by atoms with Crippen LogP contribution in [0.25, 0.3) is 0 Å². The SMILES string of the molecule is CCCC1CCCC(NCC2CCOCC2)CC1. The van der Waals surface area contributed by atoms with E-state index in [1.807, 2.05) is 0 Å². The smallest absolute Gasteiger partial charge is 0.0469 e.